The molecule has 0 saturated carbocycles. The third kappa shape index (κ3) is 3.57. The quantitative estimate of drug-likeness (QED) is 0.878. The van der Waals surface area contributed by atoms with Crippen molar-refractivity contribution in [3.63, 3.8) is 0 Å². The second kappa shape index (κ2) is 6.05. The Hall–Kier alpha value is -1.88. The van der Waals surface area contributed by atoms with E-state index in [1.165, 1.54) is 16.9 Å². The van der Waals surface area contributed by atoms with Gasteiger partial charge in [-0.1, -0.05) is 12.1 Å². The number of nitrogens with one attached hydrogen (secondary N) is 1. The predicted octanol–water partition coefficient (Wildman–Crippen LogP) is 3.83. The fourth-order valence-electron chi connectivity index (χ4n) is 1.92. The SMILES string of the molecule is Cc1ccc(C)c(Nc2nc(C)c(CCC(=O)O)s2)c1. The van der Waals surface area contributed by atoms with Gasteiger partial charge in [-0.15, -0.1) is 11.3 Å². The van der Waals surface area contributed by atoms with Crippen LogP contribution in [-0.4, -0.2) is 16.1 Å². The first-order valence-corrected chi connectivity index (χ1v) is 7.29. The van der Waals surface area contributed by atoms with E-state index in [1.54, 1.807) is 0 Å². The van der Waals surface area contributed by atoms with E-state index in [0.29, 0.717) is 6.42 Å². The van der Waals surface area contributed by atoms with E-state index in [4.69, 9.17) is 5.11 Å². The summed E-state index contributed by atoms with van der Waals surface area (Å²) in [6.45, 7) is 6.02. The molecule has 1 aromatic heterocycles. The number of aryl methyl sites for hydroxylation is 4. The number of nitrogens with zero attached hydrogens (tertiary/aromatic N) is 1. The molecule has 2 rings (SSSR count). The minimum atomic E-state index is -0.776. The van der Waals surface area contributed by atoms with Gasteiger partial charge in [-0.25, -0.2) is 4.98 Å². The molecule has 2 aromatic rings. The second-order valence-corrected chi connectivity index (χ2v) is 5.95. The molecule has 1 heterocycles. The largest absolute Gasteiger partial charge is 0.481 e. The van der Waals surface area contributed by atoms with E-state index < -0.39 is 5.97 Å². The van der Waals surface area contributed by atoms with Gasteiger partial charge in [0.2, 0.25) is 0 Å². The van der Waals surface area contributed by atoms with Gasteiger partial charge in [0.1, 0.15) is 0 Å². The number of thiazole rings is 1. The van der Waals surface area contributed by atoms with Gasteiger partial charge in [0, 0.05) is 10.6 Å². The number of aromatic nitrogens is 1. The number of carbonyl (C=O) groups is 1. The van der Waals surface area contributed by atoms with E-state index in [-0.39, 0.29) is 6.42 Å². The number of hydrogen-bond acceptors (Lipinski definition) is 4. The molecular formula is C15H18N2O2S. The highest BCUT2D eigenvalue weighted by Crippen LogP contribution is 2.28. The molecule has 1 aromatic carbocycles. The normalized spacial score (nSPS) is 10.6. The molecule has 0 aliphatic carbocycles. The van der Waals surface area contributed by atoms with Crippen LogP contribution in [0.4, 0.5) is 10.8 Å². The Morgan fingerprint density at radius 3 is 2.80 bits per heavy atom. The molecule has 106 valence electrons. The van der Waals surface area contributed by atoms with Crippen LogP contribution in [0.1, 0.15) is 28.1 Å². The summed E-state index contributed by atoms with van der Waals surface area (Å²) in [5.41, 5.74) is 4.31. The molecule has 0 unspecified atom stereocenters. The maximum atomic E-state index is 10.6. The van der Waals surface area contributed by atoms with Crippen LogP contribution in [-0.2, 0) is 11.2 Å². The van der Waals surface area contributed by atoms with Crippen LogP contribution in [0.25, 0.3) is 0 Å². The van der Waals surface area contributed by atoms with Crippen molar-refractivity contribution >= 4 is 28.1 Å². The smallest absolute Gasteiger partial charge is 0.303 e. The highest BCUT2D eigenvalue weighted by atomic mass is 32.1. The van der Waals surface area contributed by atoms with Crippen molar-refractivity contribution in [2.45, 2.75) is 33.6 Å². The van der Waals surface area contributed by atoms with Crippen molar-refractivity contribution in [2.75, 3.05) is 5.32 Å². The molecule has 5 heteroatoms. The minimum absolute atomic E-state index is 0.145. The average Bonchev–Trinajstić information content (AvgIpc) is 2.72. The van der Waals surface area contributed by atoms with Crippen molar-refractivity contribution in [2.24, 2.45) is 0 Å². The molecule has 0 aliphatic rings. The van der Waals surface area contributed by atoms with Crippen molar-refractivity contribution in [3.8, 4) is 0 Å². The molecule has 0 fully saturated rings. The van der Waals surface area contributed by atoms with Crippen LogP contribution in [0, 0.1) is 20.8 Å². The van der Waals surface area contributed by atoms with E-state index >= 15 is 0 Å². The van der Waals surface area contributed by atoms with Gasteiger partial charge in [-0.3, -0.25) is 4.79 Å². The first-order valence-electron chi connectivity index (χ1n) is 6.48. The zero-order valence-corrected chi connectivity index (χ0v) is 12.7. The molecule has 20 heavy (non-hydrogen) atoms. The van der Waals surface area contributed by atoms with Crippen molar-refractivity contribution in [1.29, 1.82) is 0 Å². The topological polar surface area (TPSA) is 62.2 Å². The summed E-state index contributed by atoms with van der Waals surface area (Å²) in [6, 6.07) is 6.23. The Bertz CT molecular complexity index is 635. The molecule has 0 bridgehead atoms. The maximum Gasteiger partial charge on any atom is 0.303 e. The number of rotatable bonds is 5. The molecule has 0 amide bonds. The predicted molar refractivity (Wildman–Crippen MR) is 82.0 cm³/mol. The number of anilines is 2. The molecule has 0 radical (unpaired) electrons. The molecule has 0 aliphatic heterocycles. The van der Waals surface area contributed by atoms with Crippen LogP contribution < -0.4 is 5.32 Å². The summed E-state index contributed by atoms with van der Waals surface area (Å²) in [6.07, 6.45) is 0.680. The molecule has 4 nitrogen and oxygen atoms in total. The zero-order chi connectivity index (χ0) is 14.7. The summed E-state index contributed by atoms with van der Waals surface area (Å²) in [4.78, 5) is 16.1. The first-order chi connectivity index (χ1) is 9.45. The number of carboxylic acid groups (broad SMARTS) is 1. The number of benzene rings is 1. The van der Waals surface area contributed by atoms with Gasteiger partial charge in [-0.2, -0.15) is 0 Å². The first kappa shape index (κ1) is 14.5. The lowest BCUT2D eigenvalue weighted by molar-refractivity contribution is -0.136. The lowest BCUT2D eigenvalue weighted by Crippen LogP contribution is -1.96. The summed E-state index contributed by atoms with van der Waals surface area (Å²) in [5.74, 6) is -0.776. The highest BCUT2D eigenvalue weighted by molar-refractivity contribution is 7.15. The average molecular weight is 290 g/mol. The van der Waals surface area contributed by atoms with Gasteiger partial charge >= 0.3 is 5.97 Å². The highest BCUT2D eigenvalue weighted by Gasteiger charge is 2.10. The fraction of sp³-hybridized carbons (Fsp3) is 0.333. The Kier molecular flexibility index (Phi) is 4.39. The second-order valence-electron chi connectivity index (χ2n) is 4.86. The van der Waals surface area contributed by atoms with Crippen LogP contribution >= 0.6 is 11.3 Å². The molecule has 0 atom stereocenters. The Balaban J connectivity index is 2.16. The monoisotopic (exact) mass is 290 g/mol. The molecule has 0 saturated heterocycles. The van der Waals surface area contributed by atoms with Crippen molar-refractivity contribution in [1.82, 2.24) is 4.98 Å². The lowest BCUT2D eigenvalue weighted by Gasteiger charge is -2.07. The standard InChI is InChI=1S/C15H18N2O2S/c1-9-4-5-10(2)12(8-9)17-15-16-11(3)13(20-15)6-7-14(18)19/h4-5,8H,6-7H2,1-3H3,(H,16,17)(H,18,19). The van der Waals surface area contributed by atoms with Crippen molar-refractivity contribution < 1.29 is 9.90 Å². The third-order valence-corrected chi connectivity index (χ3v) is 4.23. The summed E-state index contributed by atoms with van der Waals surface area (Å²) in [7, 11) is 0. The number of carboxylic acids is 1. The molecular weight excluding hydrogens is 272 g/mol. The Morgan fingerprint density at radius 1 is 1.35 bits per heavy atom. The summed E-state index contributed by atoms with van der Waals surface area (Å²) >= 11 is 1.53. The third-order valence-electron chi connectivity index (χ3n) is 3.09. The Labute approximate surface area is 122 Å². The van der Waals surface area contributed by atoms with Gasteiger partial charge in [0.25, 0.3) is 0 Å². The van der Waals surface area contributed by atoms with Gasteiger partial charge in [0.05, 0.1) is 12.1 Å². The molecule has 0 spiro atoms. The van der Waals surface area contributed by atoms with Crippen LogP contribution in [0.2, 0.25) is 0 Å². The van der Waals surface area contributed by atoms with Crippen LogP contribution in [0.15, 0.2) is 18.2 Å². The van der Waals surface area contributed by atoms with E-state index in [9.17, 15) is 4.79 Å². The summed E-state index contributed by atoms with van der Waals surface area (Å²) < 4.78 is 0. The summed E-state index contributed by atoms with van der Waals surface area (Å²) in [5, 5.41) is 12.9. The Morgan fingerprint density at radius 2 is 2.10 bits per heavy atom. The van der Waals surface area contributed by atoms with Gasteiger partial charge in [-0.05, 0) is 44.4 Å². The van der Waals surface area contributed by atoms with E-state index in [1.807, 2.05) is 13.8 Å². The zero-order valence-electron chi connectivity index (χ0n) is 11.9. The van der Waals surface area contributed by atoms with E-state index in [2.05, 4.69) is 35.4 Å². The number of hydrogen-bond donors (Lipinski definition) is 2. The molecule has 2 N–H and O–H groups in total. The maximum absolute atomic E-state index is 10.6. The van der Waals surface area contributed by atoms with Gasteiger partial charge < -0.3 is 10.4 Å². The minimum Gasteiger partial charge on any atom is -0.481 e. The van der Waals surface area contributed by atoms with Crippen molar-refractivity contribution in [3.05, 3.63) is 39.9 Å². The van der Waals surface area contributed by atoms with Gasteiger partial charge in [0.15, 0.2) is 5.13 Å². The lowest BCUT2D eigenvalue weighted by atomic mass is 10.1. The number of aliphatic carboxylic acids is 1. The van der Waals surface area contributed by atoms with E-state index in [0.717, 1.165) is 27.0 Å². The fourth-order valence-corrected chi connectivity index (χ4v) is 2.89. The van der Waals surface area contributed by atoms with Crippen LogP contribution in [0.5, 0.6) is 0 Å². The van der Waals surface area contributed by atoms with Crippen LogP contribution in [0.3, 0.4) is 0 Å².